The summed E-state index contributed by atoms with van der Waals surface area (Å²) >= 11 is 1.60. The smallest absolute Gasteiger partial charge is 0.230 e. The second kappa shape index (κ2) is 5.50. The lowest BCUT2D eigenvalue weighted by molar-refractivity contribution is -0.118. The van der Waals surface area contributed by atoms with Gasteiger partial charge in [0.25, 0.3) is 0 Å². The molecule has 0 radical (unpaired) electrons. The van der Waals surface area contributed by atoms with E-state index in [2.05, 4.69) is 26.1 Å². The number of amides is 1. The highest BCUT2D eigenvalue weighted by atomic mass is 32.2. The maximum Gasteiger partial charge on any atom is 0.230 e. The molecule has 0 aliphatic heterocycles. The van der Waals surface area contributed by atoms with Gasteiger partial charge in [-0.05, 0) is 6.92 Å². The van der Waals surface area contributed by atoms with E-state index in [0.717, 1.165) is 0 Å². The molecule has 0 saturated heterocycles. The van der Waals surface area contributed by atoms with E-state index in [-0.39, 0.29) is 10.7 Å². The van der Waals surface area contributed by atoms with Gasteiger partial charge in [-0.25, -0.2) is 0 Å². The quantitative estimate of drug-likeness (QED) is 0.720. The molecular weight excluding hydrogens is 186 g/mol. The highest BCUT2D eigenvalue weighted by Gasteiger charge is 2.13. The van der Waals surface area contributed by atoms with Gasteiger partial charge in [0.2, 0.25) is 5.91 Å². The highest BCUT2D eigenvalue weighted by Crippen LogP contribution is 2.22. The van der Waals surface area contributed by atoms with Crippen LogP contribution in [0.2, 0.25) is 0 Å². The van der Waals surface area contributed by atoms with E-state index in [0.29, 0.717) is 12.3 Å². The van der Waals surface area contributed by atoms with Crippen molar-refractivity contribution < 1.29 is 9.90 Å². The third kappa shape index (κ3) is 9.70. The molecule has 0 aliphatic rings. The Morgan fingerprint density at radius 2 is 2.08 bits per heavy atom. The number of aliphatic hydroxyl groups is 1. The minimum absolute atomic E-state index is 0.0131. The molecule has 0 aliphatic carbocycles. The van der Waals surface area contributed by atoms with Gasteiger partial charge in [0.05, 0.1) is 11.9 Å². The first kappa shape index (κ1) is 12.8. The minimum Gasteiger partial charge on any atom is -0.392 e. The van der Waals surface area contributed by atoms with Gasteiger partial charge in [-0.3, -0.25) is 4.79 Å². The Kier molecular flexibility index (Phi) is 5.40. The van der Waals surface area contributed by atoms with Crippen LogP contribution in [0.5, 0.6) is 0 Å². The van der Waals surface area contributed by atoms with Gasteiger partial charge >= 0.3 is 0 Å². The van der Waals surface area contributed by atoms with Crippen LogP contribution in [0.1, 0.15) is 27.7 Å². The summed E-state index contributed by atoms with van der Waals surface area (Å²) in [6.45, 7) is 8.19. The number of carbonyl (C=O) groups excluding carboxylic acids is 1. The molecule has 78 valence electrons. The standard InChI is InChI=1S/C9H19NO2S/c1-7(11)5-10-8(12)6-13-9(2,3)4/h7,11H,5-6H2,1-4H3,(H,10,12). The molecule has 0 bridgehead atoms. The molecule has 4 heteroatoms. The molecule has 0 fully saturated rings. The van der Waals surface area contributed by atoms with Crippen LogP contribution in [0, 0.1) is 0 Å². The van der Waals surface area contributed by atoms with E-state index in [9.17, 15) is 4.79 Å². The number of aliphatic hydroxyl groups excluding tert-OH is 1. The fourth-order valence-corrected chi connectivity index (χ4v) is 1.26. The van der Waals surface area contributed by atoms with Crippen molar-refractivity contribution in [2.75, 3.05) is 12.3 Å². The van der Waals surface area contributed by atoms with Crippen molar-refractivity contribution in [3.8, 4) is 0 Å². The Morgan fingerprint density at radius 1 is 1.54 bits per heavy atom. The molecule has 0 aromatic rings. The molecule has 0 heterocycles. The van der Waals surface area contributed by atoms with E-state index in [1.54, 1.807) is 18.7 Å². The fraction of sp³-hybridized carbons (Fsp3) is 0.889. The van der Waals surface area contributed by atoms with Gasteiger partial charge in [0.15, 0.2) is 0 Å². The Balaban J connectivity index is 3.53. The third-order valence-electron chi connectivity index (χ3n) is 1.23. The number of hydrogen-bond donors (Lipinski definition) is 2. The van der Waals surface area contributed by atoms with E-state index in [1.165, 1.54) is 0 Å². The first-order valence-corrected chi connectivity index (χ1v) is 5.38. The molecule has 1 amide bonds. The maximum atomic E-state index is 11.2. The number of nitrogens with one attached hydrogen (secondary N) is 1. The van der Waals surface area contributed by atoms with Crippen LogP contribution in [0.25, 0.3) is 0 Å². The monoisotopic (exact) mass is 205 g/mol. The average molecular weight is 205 g/mol. The highest BCUT2D eigenvalue weighted by molar-refractivity contribution is 8.01. The summed E-state index contributed by atoms with van der Waals surface area (Å²) in [6.07, 6.45) is -0.469. The first-order valence-electron chi connectivity index (χ1n) is 4.40. The molecule has 1 unspecified atom stereocenters. The predicted molar refractivity (Wildman–Crippen MR) is 56.9 cm³/mol. The fourth-order valence-electron chi connectivity index (χ4n) is 0.595. The summed E-state index contributed by atoms with van der Waals surface area (Å²) in [4.78, 5) is 11.2. The zero-order valence-electron chi connectivity index (χ0n) is 8.76. The topological polar surface area (TPSA) is 49.3 Å². The Hall–Kier alpha value is -0.220. The third-order valence-corrected chi connectivity index (χ3v) is 2.50. The SMILES string of the molecule is CC(O)CNC(=O)CSC(C)(C)C. The molecule has 0 saturated carbocycles. The molecule has 3 nitrogen and oxygen atoms in total. The van der Waals surface area contributed by atoms with Crippen LogP contribution in [0.15, 0.2) is 0 Å². The molecule has 0 spiro atoms. The van der Waals surface area contributed by atoms with Gasteiger partial charge < -0.3 is 10.4 Å². The Morgan fingerprint density at radius 3 is 2.46 bits per heavy atom. The van der Waals surface area contributed by atoms with Crippen molar-refractivity contribution in [1.82, 2.24) is 5.32 Å². The maximum absolute atomic E-state index is 11.2. The van der Waals surface area contributed by atoms with Gasteiger partial charge in [-0.2, -0.15) is 0 Å². The van der Waals surface area contributed by atoms with Crippen LogP contribution >= 0.6 is 11.8 Å². The number of carbonyl (C=O) groups is 1. The number of rotatable bonds is 4. The van der Waals surface area contributed by atoms with Crippen molar-refractivity contribution in [3.63, 3.8) is 0 Å². The number of thioether (sulfide) groups is 1. The summed E-state index contributed by atoms with van der Waals surface area (Å²) in [5, 5.41) is 11.6. The first-order chi connectivity index (χ1) is 5.81. The van der Waals surface area contributed by atoms with Crippen LogP contribution in [0.4, 0.5) is 0 Å². The van der Waals surface area contributed by atoms with Crippen LogP contribution < -0.4 is 5.32 Å². The van der Waals surface area contributed by atoms with E-state index >= 15 is 0 Å². The Labute approximate surface area is 84.3 Å². The molecule has 1 atom stereocenters. The lowest BCUT2D eigenvalue weighted by Gasteiger charge is -2.17. The molecular formula is C9H19NO2S. The zero-order valence-corrected chi connectivity index (χ0v) is 9.57. The van der Waals surface area contributed by atoms with Crippen molar-refractivity contribution in [3.05, 3.63) is 0 Å². The molecule has 0 aromatic heterocycles. The summed E-state index contributed by atoms with van der Waals surface area (Å²) in [5.41, 5.74) is 0. The van der Waals surface area contributed by atoms with Gasteiger partial charge in [-0.1, -0.05) is 20.8 Å². The molecule has 2 N–H and O–H groups in total. The number of hydrogen-bond acceptors (Lipinski definition) is 3. The van der Waals surface area contributed by atoms with Gasteiger partial charge in [0, 0.05) is 11.3 Å². The summed E-state index contributed by atoms with van der Waals surface area (Å²) in [5.74, 6) is 0.441. The summed E-state index contributed by atoms with van der Waals surface area (Å²) in [6, 6.07) is 0. The zero-order chi connectivity index (χ0) is 10.5. The summed E-state index contributed by atoms with van der Waals surface area (Å²) in [7, 11) is 0. The van der Waals surface area contributed by atoms with Crippen LogP contribution in [-0.4, -0.2) is 34.2 Å². The minimum atomic E-state index is -0.469. The Bertz CT molecular complexity index is 163. The average Bonchev–Trinajstić information content (AvgIpc) is 1.95. The van der Waals surface area contributed by atoms with Crippen LogP contribution in [0.3, 0.4) is 0 Å². The van der Waals surface area contributed by atoms with E-state index in [4.69, 9.17) is 5.11 Å². The molecule has 13 heavy (non-hydrogen) atoms. The van der Waals surface area contributed by atoms with Crippen molar-refractivity contribution in [2.24, 2.45) is 0 Å². The van der Waals surface area contributed by atoms with Crippen molar-refractivity contribution in [2.45, 2.75) is 38.5 Å². The van der Waals surface area contributed by atoms with Gasteiger partial charge in [0.1, 0.15) is 0 Å². The van der Waals surface area contributed by atoms with Crippen molar-refractivity contribution in [1.29, 1.82) is 0 Å². The van der Waals surface area contributed by atoms with Crippen molar-refractivity contribution >= 4 is 17.7 Å². The second-order valence-corrected chi connectivity index (χ2v) is 5.86. The molecule has 0 aromatic carbocycles. The summed E-state index contributed by atoms with van der Waals surface area (Å²) < 4.78 is 0.113. The lowest BCUT2D eigenvalue weighted by Crippen LogP contribution is -2.32. The predicted octanol–water partition coefficient (Wildman–Crippen LogP) is 1.02. The van der Waals surface area contributed by atoms with E-state index in [1.807, 2.05) is 0 Å². The van der Waals surface area contributed by atoms with Crippen LogP contribution in [-0.2, 0) is 4.79 Å². The van der Waals surface area contributed by atoms with Gasteiger partial charge in [-0.15, -0.1) is 11.8 Å². The molecule has 0 rings (SSSR count). The van der Waals surface area contributed by atoms with E-state index < -0.39 is 6.10 Å². The largest absolute Gasteiger partial charge is 0.392 e. The normalized spacial score (nSPS) is 13.9. The second-order valence-electron chi connectivity index (χ2n) is 4.05. The lowest BCUT2D eigenvalue weighted by atomic mass is 10.3.